The van der Waals surface area contributed by atoms with Crippen molar-refractivity contribution >= 4 is 0 Å². The lowest BCUT2D eigenvalue weighted by Crippen LogP contribution is -2.44. The van der Waals surface area contributed by atoms with Gasteiger partial charge in [0.15, 0.2) is 0 Å². The SMILES string of the molecule is Cc1ccc2c(c1)C(O)CC1(CC(C)N(C3CC3)C1)O2. The van der Waals surface area contributed by atoms with Crippen LogP contribution in [0.3, 0.4) is 0 Å². The summed E-state index contributed by atoms with van der Waals surface area (Å²) in [6.45, 7) is 5.33. The van der Waals surface area contributed by atoms with Gasteiger partial charge in [-0.25, -0.2) is 0 Å². The maximum Gasteiger partial charge on any atom is 0.126 e. The van der Waals surface area contributed by atoms with Gasteiger partial charge in [0.1, 0.15) is 11.4 Å². The van der Waals surface area contributed by atoms with Gasteiger partial charge in [-0.05, 0) is 38.8 Å². The zero-order valence-electron chi connectivity index (χ0n) is 12.3. The number of ether oxygens (including phenoxy) is 1. The van der Waals surface area contributed by atoms with Gasteiger partial charge in [-0.15, -0.1) is 0 Å². The van der Waals surface area contributed by atoms with Crippen molar-refractivity contribution in [2.45, 2.75) is 63.3 Å². The molecule has 3 unspecified atom stereocenters. The average Bonchev–Trinajstić information content (AvgIpc) is 3.17. The van der Waals surface area contributed by atoms with Crippen LogP contribution >= 0.6 is 0 Å². The number of likely N-dealkylation sites (tertiary alicyclic amines) is 1. The molecular formula is C17H23NO2. The van der Waals surface area contributed by atoms with Gasteiger partial charge in [0, 0.05) is 37.0 Å². The zero-order valence-corrected chi connectivity index (χ0v) is 12.3. The Kier molecular flexibility index (Phi) is 2.67. The zero-order chi connectivity index (χ0) is 13.9. The van der Waals surface area contributed by atoms with Crippen LogP contribution in [0.2, 0.25) is 0 Å². The number of benzene rings is 1. The molecule has 1 saturated carbocycles. The number of aliphatic hydroxyl groups is 1. The normalized spacial score (nSPS) is 37.0. The second-order valence-electron chi connectivity index (χ2n) is 7.00. The van der Waals surface area contributed by atoms with Crippen LogP contribution in [0.1, 0.15) is 49.8 Å². The Morgan fingerprint density at radius 3 is 2.85 bits per heavy atom. The molecule has 0 amide bonds. The monoisotopic (exact) mass is 273 g/mol. The number of fused-ring (bicyclic) bond motifs is 1. The Hall–Kier alpha value is -1.06. The van der Waals surface area contributed by atoms with Crippen LogP contribution in [0.4, 0.5) is 0 Å². The van der Waals surface area contributed by atoms with Gasteiger partial charge in [0.25, 0.3) is 0 Å². The van der Waals surface area contributed by atoms with Crippen molar-refractivity contribution in [3.63, 3.8) is 0 Å². The summed E-state index contributed by atoms with van der Waals surface area (Å²) in [5.74, 6) is 0.888. The molecule has 108 valence electrons. The molecule has 2 heterocycles. The molecule has 1 spiro atoms. The molecule has 3 aliphatic rings. The number of nitrogens with zero attached hydrogens (tertiary/aromatic N) is 1. The maximum absolute atomic E-state index is 10.5. The van der Waals surface area contributed by atoms with Gasteiger partial charge in [0.2, 0.25) is 0 Å². The largest absolute Gasteiger partial charge is 0.485 e. The van der Waals surface area contributed by atoms with E-state index < -0.39 is 0 Å². The molecule has 1 aromatic rings. The van der Waals surface area contributed by atoms with E-state index >= 15 is 0 Å². The molecule has 1 N–H and O–H groups in total. The van der Waals surface area contributed by atoms with E-state index in [4.69, 9.17) is 4.74 Å². The summed E-state index contributed by atoms with van der Waals surface area (Å²) in [7, 11) is 0. The van der Waals surface area contributed by atoms with E-state index in [1.807, 2.05) is 6.07 Å². The summed E-state index contributed by atoms with van der Waals surface area (Å²) in [5.41, 5.74) is 1.97. The molecule has 4 rings (SSSR count). The summed E-state index contributed by atoms with van der Waals surface area (Å²) < 4.78 is 6.38. The molecule has 1 aliphatic carbocycles. The number of aliphatic hydroxyl groups excluding tert-OH is 1. The summed E-state index contributed by atoms with van der Waals surface area (Å²) >= 11 is 0. The van der Waals surface area contributed by atoms with Crippen molar-refractivity contribution in [3.8, 4) is 5.75 Å². The maximum atomic E-state index is 10.5. The van der Waals surface area contributed by atoms with Crippen molar-refractivity contribution in [2.24, 2.45) is 0 Å². The Bertz CT molecular complexity index is 540. The Balaban J connectivity index is 1.64. The summed E-state index contributed by atoms with van der Waals surface area (Å²) in [5, 5.41) is 10.5. The molecule has 2 fully saturated rings. The fourth-order valence-corrected chi connectivity index (χ4v) is 4.08. The molecule has 0 bridgehead atoms. The second-order valence-corrected chi connectivity index (χ2v) is 7.00. The topological polar surface area (TPSA) is 32.7 Å². The lowest BCUT2D eigenvalue weighted by molar-refractivity contribution is -0.00778. The van der Waals surface area contributed by atoms with Crippen molar-refractivity contribution in [1.82, 2.24) is 4.90 Å². The first-order valence-corrected chi connectivity index (χ1v) is 7.80. The van der Waals surface area contributed by atoms with E-state index in [1.54, 1.807) is 0 Å². The van der Waals surface area contributed by atoms with Gasteiger partial charge in [-0.1, -0.05) is 11.6 Å². The first kappa shape index (κ1) is 12.7. The van der Waals surface area contributed by atoms with Crippen LogP contribution in [-0.4, -0.2) is 34.2 Å². The molecule has 3 atom stereocenters. The minimum atomic E-state index is -0.384. The number of aryl methyl sites for hydroxylation is 1. The Labute approximate surface area is 120 Å². The second kappa shape index (κ2) is 4.22. The van der Waals surface area contributed by atoms with E-state index in [0.29, 0.717) is 6.04 Å². The van der Waals surface area contributed by atoms with E-state index in [1.165, 1.54) is 18.4 Å². The molecule has 1 saturated heterocycles. The fraction of sp³-hybridized carbons (Fsp3) is 0.647. The van der Waals surface area contributed by atoms with Gasteiger partial charge in [-0.3, -0.25) is 4.90 Å². The number of rotatable bonds is 1. The van der Waals surface area contributed by atoms with Crippen LogP contribution in [0, 0.1) is 6.92 Å². The third kappa shape index (κ3) is 1.95. The lowest BCUT2D eigenvalue weighted by atomic mass is 9.86. The molecule has 3 heteroatoms. The van der Waals surface area contributed by atoms with Crippen molar-refractivity contribution in [3.05, 3.63) is 29.3 Å². The van der Waals surface area contributed by atoms with E-state index in [0.717, 1.165) is 36.7 Å². The third-order valence-corrected chi connectivity index (χ3v) is 5.14. The Morgan fingerprint density at radius 2 is 2.10 bits per heavy atom. The molecule has 0 aromatic heterocycles. The van der Waals surface area contributed by atoms with Crippen LogP contribution in [0.25, 0.3) is 0 Å². The van der Waals surface area contributed by atoms with Crippen LogP contribution in [-0.2, 0) is 0 Å². The van der Waals surface area contributed by atoms with Crippen LogP contribution in [0.15, 0.2) is 18.2 Å². The van der Waals surface area contributed by atoms with E-state index in [-0.39, 0.29) is 11.7 Å². The van der Waals surface area contributed by atoms with Gasteiger partial charge in [-0.2, -0.15) is 0 Å². The van der Waals surface area contributed by atoms with E-state index in [9.17, 15) is 5.11 Å². The van der Waals surface area contributed by atoms with Gasteiger partial charge in [0.05, 0.1) is 6.10 Å². The minimum Gasteiger partial charge on any atom is -0.485 e. The standard InChI is InChI=1S/C17H23NO2/c1-11-3-6-16-14(7-11)15(19)9-17(20-16)8-12(2)18(10-17)13-4-5-13/h3,6-7,12-13,15,19H,4-5,8-10H2,1-2H3. The summed E-state index contributed by atoms with van der Waals surface area (Å²) in [6.07, 6.45) is 4.05. The average molecular weight is 273 g/mol. The highest BCUT2D eigenvalue weighted by Crippen LogP contribution is 2.47. The predicted molar refractivity (Wildman–Crippen MR) is 77.9 cm³/mol. The van der Waals surface area contributed by atoms with Crippen LogP contribution < -0.4 is 4.74 Å². The fourth-order valence-electron chi connectivity index (χ4n) is 4.08. The number of hydrogen-bond donors (Lipinski definition) is 1. The molecule has 20 heavy (non-hydrogen) atoms. The quantitative estimate of drug-likeness (QED) is 0.854. The molecule has 0 radical (unpaired) electrons. The van der Waals surface area contributed by atoms with Crippen molar-refractivity contribution < 1.29 is 9.84 Å². The van der Waals surface area contributed by atoms with Gasteiger partial charge >= 0.3 is 0 Å². The molecular weight excluding hydrogens is 250 g/mol. The smallest absolute Gasteiger partial charge is 0.126 e. The van der Waals surface area contributed by atoms with Crippen LogP contribution in [0.5, 0.6) is 5.75 Å². The van der Waals surface area contributed by atoms with Crippen molar-refractivity contribution in [1.29, 1.82) is 0 Å². The van der Waals surface area contributed by atoms with E-state index in [2.05, 4.69) is 30.9 Å². The Morgan fingerprint density at radius 1 is 1.30 bits per heavy atom. The molecule has 1 aromatic carbocycles. The third-order valence-electron chi connectivity index (χ3n) is 5.14. The molecule has 2 aliphatic heterocycles. The minimum absolute atomic E-state index is 0.177. The summed E-state index contributed by atoms with van der Waals surface area (Å²) in [6, 6.07) is 7.50. The summed E-state index contributed by atoms with van der Waals surface area (Å²) in [4.78, 5) is 2.59. The highest BCUT2D eigenvalue weighted by atomic mass is 16.5. The number of hydrogen-bond acceptors (Lipinski definition) is 3. The first-order valence-electron chi connectivity index (χ1n) is 7.80. The van der Waals surface area contributed by atoms with Gasteiger partial charge < -0.3 is 9.84 Å². The predicted octanol–water partition coefficient (Wildman–Crippen LogP) is 2.81. The first-order chi connectivity index (χ1) is 9.56. The van der Waals surface area contributed by atoms with Crippen molar-refractivity contribution in [2.75, 3.05) is 6.54 Å². The lowest BCUT2D eigenvalue weighted by Gasteiger charge is -2.38. The highest BCUT2D eigenvalue weighted by molar-refractivity contribution is 5.41. The molecule has 3 nitrogen and oxygen atoms in total. The highest BCUT2D eigenvalue weighted by Gasteiger charge is 2.51.